The number of aliphatic hydroxyl groups is 6. The first-order valence-electron chi connectivity index (χ1n) is 9.54. The van der Waals surface area contributed by atoms with Crippen molar-refractivity contribution in [3.63, 3.8) is 0 Å². The van der Waals surface area contributed by atoms with Gasteiger partial charge in [0.1, 0.15) is 47.6 Å². The Morgan fingerprint density at radius 1 is 0.903 bits per heavy atom. The summed E-state index contributed by atoms with van der Waals surface area (Å²) in [5.41, 5.74) is -3.43. The van der Waals surface area contributed by atoms with Gasteiger partial charge in [-0.25, -0.2) is 0 Å². The summed E-state index contributed by atoms with van der Waals surface area (Å²) in [6.07, 6.45) is -8.49. The van der Waals surface area contributed by atoms with Crippen LogP contribution in [0.25, 0.3) is 0 Å². The molecule has 0 spiro atoms. The van der Waals surface area contributed by atoms with Crippen LogP contribution in [0.4, 0.5) is 0 Å². The smallest absolute Gasteiger partial charge is 0.201 e. The number of ketones is 1. The maximum absolute atomic E-state index is 13.1. The molecule has 10 nitrogen and oxygen atoms in total. The second-order valence-corrected chi connectivity index (χ2v) is 7.74. The Bertz CT molecular complexity index is 1040. The second kappa shape index (κ2) is 7.53. The summed E-state index contributed by atoms with van der Waals surface area (Å²) < 4.78 is 5.58. The van der Waals surface area contributed by atoms with E-state index in [1.807, 2.05) is 0 Å². The van der Waals surface area contributed by atoms with E-state index in [0.29, 0.717) is 0 Å². The molecular weight excluding hydrogens is 412 g/mol. The number of aromatic hydroxyl groups is 2. The van der Waals surface area contributed by atoms with Crippen LogP contribution < -0.4 is 0 Å². The lowest BCUT2D eigenvalue weighted by atomic mass is 9.68. The van der Waals surface area contributed by atoms with Crippen LogP contribution in [0.1, 0.15) is 32.6 Å². The highest BCUT2D eigenvalue weighted by molar-refractivity contribution is 6.16. The van der Waals surface area contributed by atoms with E-state index in [4.69, 9.17) is 4.74 Å². The second-order valence-electron chi connectivity index (χ2n) is 7.74. The van der Waals surface area contributed by atoms with Crippen molar-refractivity contribution in [3.8, 4) is 11.5 Å². The summed E-state index contributed by atoms with van der Waals surface area (Å²) in [5.74, 6) is -1.88. The van der Waals surface area contributed by atoms with Crippen LogP contribution in [0.3, 0.4) is 0 Å². The number of rotatable bonds is 3. The Kier molecular flexibility index (Phi) is 5.26. The Morgan fingerprint density at radius 2 is 1.58 bits per heavy atom. The molecule has 2 aromatic rings. The molecule has 0 aromatic heterocycles. The molecule has 1 aliphatic heterocycles. The lowest BCUT2D eigenvalue weighted by Gasteiger charge is -2.49. The lowest BCUT2D eigenvalue weighted by Crippen LogP contribution is -2.65. The van der Waals surface area contributed by atoms with Crippen molar-refractivity contribution < 1.29 is 50.4 Å². The molecule has 4 rings (SSSR count). The van der Waals surface area contributed by atoms with E-state index in [-0.39, 0.29) is 27.8 Å². The first kappa shape index (κ1) is 21.7. The number of benzene rings is 2. The minimum absolute atomic E-state index is 0.135. The first-order valence-corrected chi connectivity index (χ1v) is 9.54. The van der Waals surface area contributed by atoms with E-state index < -0.39 is 66.6 Å². The number of carbonyl (C=O) groups is 1. The van der Waals surface area contributed by atoms with Gasteiger partial charge in [0.15, 0.2) is 0 Å². The summed E-state index contributed by atoms with van der Waals surface area (Å²) in [4.78, 5) is 13.1. The molecule has 10 heteroatoms. The molecule has 2 aliphatic rings. The highest BCUT2D eigenvalue weighted by Crippen LogP contribution is 2.50. The van der Waals surface area contributed by atoms with E-state index in [0.717, 1.165) is 6.07 Å². The Morgan fingerprint density at radius 3 is 2.23 bits per heavy atom. The van der Waals surface area contributed by atoms with E-state index in [1.54, 1.807) is 0 Å². The molecule has 0 amide bonds. The Labute approximate surface area is 175 Å². The molecule has 31 heavy (non-hydrogen) atoms. The quantitative estimate of drug-likeness (QED) is 0.274. The van der Waals surface area contributed by atoms with Gasteiger partial charge in [-0.2, -0.15) is 0 Å². The third-order valence-corrected chi connectivity index (χ3v) is 5.98. The van der Waals surface area contributed by atoms with Crippen molar-refractivity contribution in [3.05, 3.63) is 58.1 Å². The van der Waals surface area contributed by atoms with Crippen LogP contribution in [0.15, 0.2) is 30.3 Å². The van der Waals surface area contributed by atoms with Gasteiger partial charge in [-0.05, 0) is 23.8 Å². The summed E-state index contributed by atoms with van der Waals surface area (Å²) >= 11 is 0. The highest BCUT2D eigenvalue weighted by atomic mass is 16.6. The molecule has 0 saturated carbocycles. The SMILES string of the molecule is O=C1c2c(O)cccc2[C@](O)([C@H]2O[C@@H](CO)[C@@H](O)[C@H](O)[C@@H]2O)c2cc(CO)cc(O)c21. The number of carbonyl (C=O) groups excluding carboxylic acids is 1. The average Bonchev–Trinajstić information content (AvgIpc) is 2.75. The van der Waals surface area contributed by atoms with Crippen molar-refractivity contribution in [1.82, 2.24) is 0 Å². The van der Waals surface area contributed by atoms with Crippen LogP contribution in [0.5, 0.6) is 11.5 Å². The predicted octanol–water partition coefficient (Wildman–Crippen LogP) is -1.79. The van der Waals surface area contributed by atoms with Gasteiger partial charge < -0.3 is 45.6 Å². The third kappa shape index (κ3) is 2.96. The summed E-state index contributed by atoms with van der Waals surface area (Å²) in [6, 6.07) is 6.21. The van der Waals surface area contributed by atoms with Crippen molar-refractivity contribution in [1.29, 1.82) is 0 Å². The van der Waals surface area contributed by atoms with Gasteiger partial charge in [0, 0.05) is 11.1 Å². The van der Waals surface area contributed by atoms with E-state index in [1.165, 1.54) is 24.3 Å². The molecule has 1 fully saturated rings. The number of ether oxygens (including phenoxy) is 1. The van der Waals surface area contributed by atoms with Gasteiger partial charge >= 0.3 is 0 Å². The minimum Gasteiger partial charge on any atom is -0.507 e. The van der Waals surface area contributed by atoms with Crippen LogP contribution >= 0.6 is 0 Å². The molecule has 0 radical (unpaired) electrons. The number of phenols is 2. The maximum atomic E-state index is 13.1. The minimum atomic E-state index is -2.42. The van der Waals surface area contributed by atoms with E-state index >= 15 is 0 Å². The van der Waals surface area contributed by atoms with E-state index in [2.05, 4.69) is 0 Å². The van der Waals surface area contributed by atoms with Crippen molar-refractivity contribution in [2.75, 3.05) is 6.61 Å². The summed E-state index contributed by atoms with van der Waals surface area (Å²) in [5, 5.41) is 83.0. The van der Waals surface area contributed by atoms with Gasteiger partial charge in [0.05, 0.1) is 24.3 Å². The van der Waals surface area contributed by atoms with Crippen molar-refractivity contribution in [2.24, 2.45) is 0 Å². The Hall–Kier alpha value is -2.57. The molecule has 8 N–H and O–H groups in total. The van der Waals surface area contributed by atoms with Gasteiger partial charge in [0.25, 0.3) is 0 Å². The largest absolute Gasteiger partial charge is 0.507 e. The third-order valence-electron chi connectivity index (χ3n) is 5.98. The number of aliphatic hydroxyl groups excluding tert-OH is 5. The van der Waals surface area contributed by atoms with Crippen molar-refractivity contribution >= 4 is 5.78 Å². The predicted molar refractivity (Wildman–Crippen MR) is 102 cm³/mol. The normalized spacial score (nSPS) is 32.5. The maximum Gasteiger partial charge on any atom is 0.201 e. The highest BCUT2D eigenvalue weighted by Gasteiger charge is 2.57. The zero-order chi connectivity index (χ0) is 22.7. The monoisotopic (exact) mass is 434 g/mol. The van der Waals surface area contributed by atoms with E-state index in [9.17, 15) is 45.6 Å². The number of fused-ring (bicyclic) bond motifs is 2. The standard InChI is InChI=1S/C21H22O10/c22-6-8-4-10-15(12(25)5-8)17(27)14-9(2-1-3-11(14)24)21(10,30)20-19(29)18(28)16(26)13(7-23)31-20/h1-5,13,16,18-20,22-26,28-30H,6-7H2/t13-,16+,18-,19-,20-,21+/m0/s1. The molecular formula is C21H22O10. The molecule has 1 saturated heterocycles. The topological polar surface area (TPSA) is 188 Å². The van der Waals surface area contributed by atoms with Gasteiger partial charge in [-0.3, -0.25) is 4.79 Å². The Balaban J connectivity index is 2.04. The zero-order valence-corrected chi connectivity index (χ0v) is 16.1. The van der Waals surface area contributed by atoms with Gasteiger partial charge in [-0.1, -0.05) is 12.1 Å². The first-order chi connectivity index (χ1) is 14.7. The molecule has 166 valence electrons. The summed E-state index contributed by atoms with van der Waals surface area (Å²) in [7, 11) is 0. The number of phenolic OH excluding ortho intramolecular Hbond substituents is 2. The number of hydrogen-bond acceptors (Lipinski definition) is 10. The molecule has 0 unspecified atom stereocenters. The molecule has 6 atom stereocenters. The molecule has 1 aliphatic carbocycles. The molecule has 1 heterocycles. The van der Waals surface area contributed by atoms with Crippen LogP contribution in [0, 0.1) is 0 Å². The molecule has 2 aromatic carbocycles. The van der Waals surface area contributed by atoms with Gasteiger partial charge in [-0.15, -0.1) is 0 Å². The van der Waals surface area contributed by atoms with Gasteiger partial charge in [0.2, 0.25) is 5.78 Å². The zero-order valence-electron chi connectivity index (χ0n) is 16.1. The van der Waals surface area contributed by atoms with Crippen LogP contribution in [-0.2, 0) is 16.9 Å². The van der Waals surface area contributed by atoms with Crippen molar-refractivity contribution in [2.45, 2.75) is 42.7 Å². The van der Waals surface area contributed by atoms with Crippen LogP contribution in [0.2, 0.25) is 0 Å². The fraction of sp³-hybridized carbons (Fsp3) is 0.381. The molecule has 0 bridgehead atoms. The average molecular weight is 434 g/mol. The fourth-order valence-electron chi connectivity index (χ4n) is 4.44. The van der Waals surface area contributed by atoms with Crippen LogP contribution in [-0.4, -0.2) is 83.8 Å². The fourth-order valence-corrected chi connectivity index (χ4v) is 4.44. The lowest BCUT2D eigenvalue weighted by molar-refractivity contribution is -0.265. The summed E-state index contributed by atoms with van der Waals surface area (Å²) in [6.45, 7) is -1.30. The number of hydrogen-bond donors (Lipinski definition) is 8.